The molecule has 17 heavy (non-hydrogen) atoms. The molecule has 1 aromatic heterocycles. The monoisotopic (exact) mass is 275 g/mol. The van der Waals surface area contributed by atoms with Crippen molar-refractivity contribution in [1.82, 2.24) is 4.98 Å². The maximum absolute atomic E-state index is 10.6. The Kier molecular flexibility index (Phi) is 5.50. The van der Waals surface area contributed by atoms with E-state index < -0.39 is 4.92 Å². The van der Waals surface area contributed by atoms with E-state index in [1.807, 2.05) is 6.26 Å². The molecule has 0 fully saturated rings. The van der Waals surface area contributed by atoms with Crippen molar-refractivity contribution in [3.8, 4) is 0 Å². The van der Waals surface area contributed by atoms with Crippen molar-refractivity contribution in [3.05, 3.63) is 27.4 Å². The second-order valence-corrected chi connectivity index (χ2v) is 5.22. The number of thioether (sulfide) groups is 1. The molecule has 1 N–H and O–H groups in total. The SMILES string of the molecule is CSC(C)CCNc1cc([N+](=O)[O-])cc(Cl)n1. The van der Waals surface area contributed by atoms with Crippen molar-refractivity contribution in [2.45, 2.75) is 18.6 Å². The number of aromatic nitrogens is 1. The molecule has 1 aromatic rings. The van der Waals surface area contributed by atoms with Crippen LogP contribution in [0.15, 0.2) is 12.1 Å². The third-order valence-electron chi connectivity index (χ3n) is 2.25. The summed E-state index contributed by atoms with van der Waals surface area (Å²) < 4.78 is 0. The van der Waals surface area contributed by atoms with Crippen molar-refractivity contribution in [2.75, 3.05) is 18.1 Å². The van der Waals surface area contributed by atoms with Gasteiger partial charge in [-0.05, 0) is 12.7 Å². The van der Waals surface area contributed by atoms with Crippen LogP contribution >= 0.6 is 23.4 Å². The average molecular weight is 276 g/mol. The van der Waals surface area contributed by atoms with Gasteiger partial charge in [-0.2, -0.15) is 11.8 Å². The number of nitrogens with one attached hydrogen (secondary N) is 1. The number of anilines is 1. The molecule has 1 rings (SSSR count). The van der Waals surface area contributed by atoms with Gasteiger partial charge in [0.2, 0.25) is 0 Å². The van der Waals surface area contributed by atoms with Gasteiger partial charge in [-0.3, -0.25) is 10.1 Å². The lowest BCUT2D eigenvalue weighted by molar-refractivity contribution is -0.384. The number of hydrogen-bond acceptors (Lipinski definition) is 5. The number of halogens is 1. The normalized spacial score (nSPS) is 12.2. The number of nitro groups is 1. The summed E-state index contributed by atoms with van der Waals surface area (Å²) in [5, 5.41) is 14.3. The van der Waals surface area contributed by atoms with E-state index in [1.54, 1.807) is 11.8 Å². The zero-order chi connectivity index (χ0) is 12.8. The molecule has 0 bridgehead atoms. The number of rotatable bonds is 6. The summed E-state index contributed by atoms with van der Waals surface area (Å²) in [4.78, 5) is 14.1. The van der Waals surface area contributed by atoms with Gasteiger partial charge in [-0.25, -0.2) is 4.98 Å². The van der Waals surface area contributed by atoms with Crippen molar-refractivity contribution in [3.63, 3.8) is 0 Å². The zero-order valence-electron chi connectivity index (χ0n) is 9.64. The molecule has 1 unspecified atom stereocenters. The van der Waals surface area contributed by atoms with Gasteiger partial charge in [-0.1, -0.05) is 18.5 Å². The summed E-state index contributed by atoms with van der Waals surface area (Å²) >= 11 is 7.48. The van der Waals surface area contributed by atoms with Gasteiger partial charge in [0.1, 0.15) is 11.0 Å². The van der Waals surface area contributed by atoms with E-state index in [0.717, 1.165) is 6.42 Å². The van der Waals surface area contributed by atoms with Gasteiger partial charge in [0.15, 0.2) is 0 Å². The first-order valence-corrected chi connectivity index (χ1v) is 6.78. The fourth-order valence-electron chi connectivity index (χ4n) is 1.20. The van der Waals surface area contributed by atoms with Gasteiger partial charge in [-0.15, -0.1) is 0 Å². The first-order valence-electron chi connectivity index (χ1n) is 5.11. The van der Waals surface area contributed by atoms with Crippen molar-refractivity contribution >= 4 is 34.9 Å². The van der Waals surface area contributed by atoms with E-state index in [0.29, 0.717) is 17.6 Å². The van der Waals surface area contributed by atoms with Gasteiger partial charge in [0.25, 0.3) is 5.69 Å². The van der Waals surface area contributed by atoms with Crippen LogP contribution in [0.5, 0.6) is 0 Å². The molecule has 0 aliphatic heterocycles. The maximum atomic E-state index is 10.6. The van der Waals surface area contributed by atoms with Gasteiger partial charge in [0.05, 0.1) is 17.1 Å². The Morgan fingerprint density at radius 3 is 2.94 bits per heavy atom. The van der Waals surface area contributed by atoms with E-state index in [4.69, 9.17) is 11.6 Å². The fraction of sp³-hybridized carbons (Fsp3) is 0.500. The van der Waals surface area contributed by atoms with Crippen LogP contribution in [0.25, 0.3) is 0 Å². The highest BCUT2D eigenvalue weighted by Crippen LogP contribution is 2.20. The molecule has 0 aromatic carbocycles. The Morgan fingerprint density at radius 1 is 1.65 bits per heavy atom. The van der Waals surface area contributed by atoms with Crippen LogP contribution in [0.3, 0.4) is 0 Å². The lowest BCUT2D eigenvalue weighted by Crippen LogP contribution is -2.09. The first kappa shape index (κ1) is 14.1. The second-order valence-electron chi connectivity index (χ2n) is 3.55. The van der Waals surface area contributed by atoms with Gasteiger partial charge < -0.3 is 5.32 Å². The lowest BCUT2D eigenvalue weighted by atomic mass is 10.3. The largest absolute Gasteiger partial charge is 0.370 e. The molecule has 0 saturated heterocycles. The molecule has 0 amide bonds. The number of pyridine rings is 1. The molecule has 7 heteroatoms. The average Bonchev–Trinajstić information content (AvgIpc) is 2.28. The van der Waals surface area contributed by atoms with Crippen molar-refractivity contribution < 1.29 is 4.92 Å². The third-order valence-corrected chi connectivity index (χ3v) is 3.48. The second kappa shape index (κ2) is 6.66. The minimum Gasteiger partial charge on any atom is -0.370 e. The molecule has 0 aliphatic rings. The maximum Gasteiger partial charge on any atom is 0.276 e. The van der Waals surface area contributed by atoms with Crippen LogP contribution in [-0.2, 0) is 0 Å². The molecule has 0 radical (unpaired) electrons. The van der Waals surface area contributed by atoms with Crippen molar-refractivity contribution in [1.29, 1.82) is 0 Å². The van der Waals surface area contributed by atoms with Crippen LogP contribution in [0.2, 0.25) is 5.15 Å². The molecular weight excluding hydrogens is 262 g/mol. The summed E-state index contributed by atoms with van der Waals surface area (Å²) in [5.41, 5.74) is -0.0505. The molecule has 5 nitrogen and oxygen atoms in total. The van der Waals surface area contributed by atoms with E-state index in [2.05, 4.69) is 17.2 Å². The molecular formula is C10H14ClN3O2S. The Hall–Kier alpha value is -1.01. The standard InChI is InChI=1S/C10H14ClN3O2S/c1-7(17-2)3-4-12-10-6-8(14(15)16)5-9(11)13-10/h5-7H,3-4H2,1-2H3,(H,12,13). The van der Waals surface area contributed by atoms with E-state index in [9.17, 15) is 10.1 Å². The molecule has 94 valence electrons. The minimum absolute atomic E-state index is 0.0505. The summed E-state index contributed by atoms with van der Waals surface area (Å²) in [6, 6.07) is 2.62. The predicted octanol–water partition coefficient (Wildman–Crippen LogP) is 3.20. The highest BCUT2D eigenvalue weighted by atomic mass is 35.5. The summed E-state index contributed by atoms with van der Waals surface area (Å²) in [6.07, 6.45) is 3.01. The Labute approximate surface area is 109 Å². The highest BCUT2D eigenvalue weighted by Gasteiger charge is 2.10. The zero-order valence-corrected chi connectivity index (χ0v) is 11.2. The number of hydrogen-bond donors (Lipinski definition) is 1. The third kappa shape index (κ3) is 4.79. The molecule has 1 atom stereocenters. The molecule has 0 aliphatic carbocycles. The summed E-state index contributed by atoms with van der Waals surface area (Å²) in [7, 11) is 0. The lowest BCUT2D eigenvalue weighted by Gasteiger charge is -2.09. The molecule has 0 saturated carbocycles. The van der Waals surface area contributed by atoms with E-state index in [-0.39, 0.29) is 10.8 Å². The minimum atomic E-state index is -0.483. The van der Waals surface area contributed by atoms with Gasteiger partial charge >= 0.3 is 0 Å². The smallest absolute Gasteiger partial charge is 0.276 e. The molecule has 0 spiro atoms. The highest BCUT2D eigenvalue weighted by molar-refractivity contribution is 7.99. The summed E-state index contributed by atoms with van der Waals surface area (Å²) in [6.45, 7) is 2.84. The predicted molar refractivity (Wildman–Crippen MR) is 72.0 cm³/mol. The summed E-state index contributed by atoms with van der Waals surface area (Å²) in [5.74, 6) is 0.442. The van der Waals surface area contributed by atoms with Crippen LogP contribution in [0, 0.1) is 10.1 Å². The van der Waals surface area contributed by atoms with E-state index >= 15 is 0 Å². The first-order chi connectivity index (χ1) is 8.02. The number of nitrogens with zero attached hydrogens (tertiary/aromatic N) is 2. The van der Waals surface area contributed by atoms with Crippen LogP contribution in [0.1, 0.15) is 13.3 Å². The Morgan fingerprint density at radius 2 is 2.35 bits per heavy atom. The fourth-order valence-corrected chi connectivity index (χ4v) is 1.76. The van der Waals surface area contributed by atoms with E-state index in [1.165, 1.54) is 12.1 Å². The Balaban J connectivity index is 2.62. The van der Waals surface area contributed by atoms with Crippen LogP contribution in [-0.4, -0.2) is 28.0 Å². The quantitative estimate of drug-likeness (QED) is 0.490. The van der Waals surface area contributed by atoms with Crippen LogP contribution < -0.4 is 5.32 Å². The Bertz CT molecular complexity index is 403. The van der Waals surface area contributed by atoms with Gasteiger partial charge in [0, 0.05) is 11.8 Å². The molecule has 1 heterocycles. The van der Waals surface area contributed by atoms with Crippen molar-refractivity contribution in [2.24, 2.45) is 0 Å². The van der Waals surface area contributed by atoms with Crippen LogP contribution in [0.4, 0.5) is 11.5 Å². The topological polar surface area (TPSA) is 68.1 Å².